The summed E-state index contributed by atoms with van der Waals surface area (Å²) in [5.74, 6) is 0. The predicted octanol–water partition coefficient (Wildman–Crippen LogP) is 5.23. The Hall–Kier alpha value is -2.40. The Balaban J connectivity index is 2.14. The normalized spacial score (nSPS) is 10.5. The Kier molecular flexibility index (Phi) is 4.57. The minimum Gasteiger partial charge on any atom is -0.450 e. The van der Waals surface area contributed by atoms with Gasteiger partial charge in [-0.2, -0.15) is 0 Å². The second kappa shape index (κ2) is 6.79. The van der Waals surface area contributed by atoms with Gasteiger partial charge in [-0.15, -0.1) is 0 Å². The number of ether oxygens (including phenoxy) is 1. The number of anilines is 1. The zero-order chi connectivity index (χ0) is 16.2. The fourth-order valence-electron chi connectivity index (χ4n) is 2.34. The highest BCUT2D eigenvalue weighted by atomic mass is 79.9. The molecule has 116 valence electrons. The molecule has 0 aliphatic heterocycles. The smallest absolute Gasteiger partial charge is 0.411 e. The van der Waals surface area contributed by atoms with Crippen LogP contribution in [0.15, 0.2) is 59.1 Å². The number of aromatic nitrogens is 1. The van der Waals surface area contributed by atoms with Crippen LogP contribution in [0.1, 0.15) is 6.92 Å². The van der Waals surface area contributed by atoms with E-state index < -0.39 is 6.09 Å². The number of amides is 1. The maximum absolute atomic E-state index is 11.8. The van der Waals surface area contributed by atoms with Gasteiger partial charge in [0.15, 0.2) is 0 Å². The Bertz CT molecular complexity index is 850. The first-order valence-corrected chi connectivity index (χ1v) is 8.06. The molecule has 0 radical (unpaired) electrons. The highest BCUT2D eigenvalue weighted by Crippen LogP contribution is 2.30. The molecule has 3 rings (SSSR count). The number of halogens is 1. The molecule has 0 aliphatic carbocycles. The molecular weight excluding hydrogens is 356 g/mol. The van der Waals surface area contributed by atoms with Crippen LogP contribution in [0.3, 0.4) is 0 Å². The van der Waals surface area contributed by atoms with E-state index in [4.69, 9.17) is 4.74 Å². The van der Waals surface area contributed by atoms with E-state index in [1.807, 2.05) is 54.6 Å². The van der Waals surface area contributed by atoms with Crippen LogP contribution in [0.2, 0.25) is 0 Å². The Morgan fingerprint density at radius 3 is 2.70 bits per heavy atom. The van der Waals surface area contributed by atoms with Crippen molar-refractivity contribution in [3.05, 3.63) is 59.1 Å². The van der Waals surface area contributed by atoms with Gasteiger partial charge >= 0.3 is 6.09 Å². The van der Waals surface area contributed by atoms with Crippen LogP contribution in [0.5, 0.6) is 0 Å². The van der Waals surface area contributed by atoms with Crippen LogP contribution in [-0.4, -0.2) is 17.7 Å². The van der Waals surface area contributed by atoms with Crippen molar-refractivity contribution in [1.82, 2.24) is 4.98 Å². The molecule has 0 bridgehead atoms. The quantitative estimate of drug-likeness (QED) is 0.686. The van der Waals surface area contributed by atoms with Gasteiger partial charge in [0, 0.05) is 15.4 Å². The monoisotopic (exact) mass is 370 g/mol. The van der Waals surface area contributed by atoms with Crippen molar-refractivity contribution in [3.8, 4) is 11.3 Å². The van der Waals surface area contributed by atoms with Crippen molar-refractivity contribution >= 4 is 38.6 Å². The molecule has 0 saturated carbocycles. The molecule has 0 spiro atoms. The van der Waals surface area contributed by atoms with E-state index in [1.54, 1.807) is 6.92 Å². The summed E-state index contributed by atoms with van der Waals surface area (Å²) >= 11 is 3.46. The van der Waals surface area contributed by atoms with E-state index in [9.17, 15) is 4.79 Å². The van der Waals surface area contributed by atoms with Crippen molar-refractivity contribution in [1.29, 1.82) is 0 Å². The molecule has 2 aromatic carbocycles. The molecule has 0 fully saturated rings. The van der Waals surface area contributed by atoms with E-state index in [0.29, 0.717) is 12.3 Å². The van der Waals surface area contributed by atoms with Crippen LogP contribution >= 0.6 is 15.9 Å². The summed E-state index contributed by atoms with van der Waals surface area (Å²) in [6.45, 7) is 2.10. The fourth-order valence-corrected chi connectivity index (χ4v) is 2.70. The van der Waals surface area contributed by atoms with Gasteiger partial charge in [-0.05, 0) is 31.2 Å². The van der Waals surface area contributed by atoms with Gasteiger partial charge in [0.05, 0.1) is 23.5 Å². The van der Waals surface area contributed by atoms with E-state index in [-0.39, 0.29) is 0 Å². The Labute approximate surface area is 142 Å². The van der Waals surface area contributed by atoms with Crippen molar-refractivity contribution in [2.75, 3.05) is 11.9 Å². The van der Waals surface area contributed by atoms with Crippen molar-refractivity contribution in [2.45, 2.75) is 6.92 Å². The molecule has 5 heteroatoms. The lowest BCUT2D eigenvalue weighted by Gasteiger charge is -2.11. The maximum atomic E-state index is 11.8. The number of pyridine rings is 1. The standard InChI is InChI=1S/C18H15BrN2O2/c1-2-23-18(22)21-17-11-16(12-6-4-3-5-7-12)20-15-9-8-13(19)10-14(15)17/h3-11H,2H2,1H3,(H,20,21,22). The van der Waals surface area contributed by atoms with Crippen molar-refractivity contribution in [3.63, 3.8) is 0 Å². The summed E-state index contributed by atoms with van der Waals surface area (Å²) in [6.07, 6.45) is -0.473. The van der Waals surface area contributed by atoms with E-state index >= 15 is 0 Å². The highest BCUT2D eigenvalue weighted by molar-refractivity contribution is 9.10. The van der Waals surface area contributed by atoms with Gasteiger partial charge in [-0.25, -0.2) is 9.78 Å². The molecule has 1 amide bonds. The third kappa shape index (κ3) is 3.51. The van der Waals surface area contributed by atoms with Crippen molar-refractivity contribution in [2.24, 2.45) is 0 Å². The highest BCUT2D eigenvalue weighted by Gasteiger charge is 2.11. The van der Waals surface area contributed by atoms with Gasteiger partial charge in [-0.1, -0.05) is 46.3 Å². The summed E-state index contributed by atoms with van der Waals surface area (Å²) in [6, 6.07) is 17.5. The summed E-state index contributed by atoms with van der Waals surface area (Å²) in [5.41, 5.74) is 3.27. The maximum Gasteiger partial charge on any atom is 0.411 e. The Morgan fingerprint density at radius 1 is 1.17 bits per heavy atom. The number of rotatable bonds is 3. The summed E-state index contributed by atoms with van der Waals surface area (Å²) in [5, 5.41) is 3.66. The van der Waals surface area contributed by atoms with Crippen LogP contribution in [0.4, 0.5) is 10.5 Å². The molecule has 1 heterocycles. The lowest BCUT2D eigenvalue weighted by Crippen LogP contribution is -2.13. The molecule has 0 saturated heterocycles. The SMILES string of the molecule is CCOC(=O)Nc1cc(-c2ccccc2)nc2ccc(Br)cc12. The lowest BCUT2D eigenvalue weighted by atomic mass is 10.1. The molecule has 0 unspecified atom stereocenters. The summed E-state index contributed by atoms with van der Waals surface area (Å²) in [4.78, 5) is 16.5. The number of fused-ring (bicyclic) bond motifs is 1. The number of benzene rings is 2. The lowest BCUT2D eigenvalue weighted by molar-refractivity contribution is 0.168. The van der Waals surface area contributed by atoms with Crippen LogP contribution in [0, 0.1) is 0 Å². The largest absolute Gasteiger partial charge is 0.450 e. The first-order valence-electron chi connectivity index (χ1n) is 7.27. The van der Waals surface area contributed by atoms with Crippen LogP contribution in [-0.2, 0) is 4.74 Å². The molecule has 23 heavy (non-hydrogen) atoms. The molecule has 3 aromatic rings. The first-order chi connectivity index (χ1) is 11.2. The van der Waals surface area contributed by atoms with Crippen molar-refractivity contribution < 1.29 is 9.53 Å². The number of hydrogen-bond donors (Lipinski definition) is 1. The minimum absolute atomic E-state index is 0.323. The molecule has 0 atom stereocenters. The number of carbonyl (C=O) groups excluding carboxylic acids is 1. The molecule has 0 aliphatic rings. The molecule has 1 aromatic heterocycles. The third-order valence-corrected chi connectivity index (χ3v) is 3.85. The topological polar surface area (TPSA) is 51.2 Å². The van der Waals surface area contributed by atoms with Gasteiger partial charge in [0.1, 0.15) is 0 Å². The number of hydrogen-bond acceptors (Lipinski definition) is 3. The molecular formula is C18H15BrN2O2. The molecule has 4 nitrogen and oxygen atoms in total. The Morgan fingerprint density at radius 2 is 1.96 bits per heavy atom. The average molecular weight is 371 g/mol. The predicted molar refractivity (Wildman–Crippen MR) is 95.5 cm³/mol. The van der Waals surface area contributed by atoms with E-state index in [0.717, 1.165) is 26.6 Å². The van der Waals surface area contributed by atoms with E-state index in [2.05, 4.69) is 26.2 Å². The minimum atomic E-state index is -0.473. The second-order valence-electron chi connectivity index (χ2n) is 4.93. The zero-order valence-corrected chi connectivity index (χ0v) is 14.1. The number of carbonyl (C=O) groups is 1. The third-order valence-electron chi connectivity index (χ3n) is 3.35. The van der Waals surface area contributed by atoms with Gasteiger partial charge < -0.3 is 4.74 Å². The zero-order valence-electron chi connectivity index (χ0n) is 12.5. The van der Waals surface area contributed by atoms with Gasteiger partial charge in [0.25, 0.3) is 0 Å². The summed E-state index contributed by atoms with van der Waals surface area (Å²) in [7, 11) is 0. The van der Waals surface area contributed by atoms with Gasteiger partial charge in [0.2, 0.25) is 0 Å². The van der Waals surface area contributed by atoms with Gasteiger partial charge in [-0.3, -0.25) is 5.32 Å². The van der Waals surface area contributed by atoms with Crippen LogP contribution < -0.4 is 5.32 Å². The van der Waals surface area contributed by atoms with Crippen LogP contribution in [0.25, 0.3) is 22.2 Å². The number of nitrogens with one attached hydrogen (secondary N) is 1. The molecule has 1 N–H and O–H groups in total. The number of nitrogens with zero attached hydrogens (tertiary/aromatic N) is 1. The summed E-state index contributed by atoms with van der Waals surface area (Å²) < 4.78 is 5.91. The fraction of sp³-hybridized carbons (Fsp3) is 0.111. The van der Waals surface area contributed by atoms with E-state index in [1.165, 1.54) is 0 Å². The average Bonchev–Trinajstić information content (AvgIpc) is 2.56. The first kappa shape index (κ1) is 15.5. The second-order valence-corrected chi connectivity index (χ2v) is 5.84.